The number of fused-ring (bicyclic) bond motifs is 2. The number of benzene rings is 4. The number of aliphatic carboxylic acids is 1. The van der Waals surface area contributed by atoms with Gasteiger partial charge in [0.2, 0.25) is 0 Å². The van der Waals surface area contributed by atoms with Gasteiger partial charge in [0.1, 0.15) is 10.5 Å². The number of ketones is 3. The summed E-state index contributed by atoms with van der Waals surface area (Å²) >= 11 is 0. The lowest BCUT2D eigenvalue weighted by atomic mass is 9.82. The molecule has 0 heterocycles. The van der Waals surface area contributed by atoms with Crippen LogP contribution in [-0.4, -0.2) is 53.1 Å². The number of carboxylic acids is 1. The molecule has 0 aliphatic heterocycles. The highest BCUT2D eigenvalue weighted by Gasteiger charge is 2.36. The van der Waals surface area contributed by atoms with Gasteiger partial charge in [-0.15, -0.1) is 0 Å². The van der Waals surface area contributed by atoms with Gasteiger partial charge in [-0.3, -0.25) is 24.4 Å². The molecule has 16 heteroatoms. The molecule has 4 aromatic carbocycles. The molecule has 0 atom stereocenters. The first-order valence-corrected chi connectivity index (χ1v) is 15.9. The Bertz CT molecular complexity index is 2350. The molecule has 2 aliphatic carbocycles. The van der Waals surface area contributed by atoms with E-state index < -0.39 is 55.6 Å². The average Bonchev–Trinajstić information content (AvgIpc) is 3.08. The molecule has 0 fully saturated rings. The highest BCUT2D eigenvalue weighted by molar-refractivity contribution is 7.86. The van der Waals surface area contributed by atoms with Gasteiger partial charge < -0.3 is 26.8 Å². The summed E-state index contributed by atoms with van der Waals surface area (Å²) in [5, 5.41) is 21.4. The maximum atomic E-state index is 13.5. The number of nitrogens with zero attached hydrogens (tertiary/aromatic N) is 1. The standard InChI is InChI=1S/C34H24N6O9S/c35-30-27(50(47,48)49)16-25(28-29(30)32(43)23-4-2-1-3-22(23)31(28)42)36-17-5-7-18(8-6-17)37-34(46)38-19-9-11-20(12-10-19)39-40-21-13-14-26(41)24(15-21)33(44)45/h1-16,36,39H,35H2,(H,44,45)(H2,37,38,46)(H,47,48,49)/b40-21-. The number of hydrogen-bond donors (Lipinski definition) is 7. The van der Waals surface area contributed by atoms with Crippen LogP contribution in [0.5, 0.6) is 0 Å². The number of hydrazone groups is 1. The largest absolute Gasteiger partial charge is 0.478 e. The van der Waals surface area contributed by atoms with Gasteiger partial charge in [-0.2, -0.15) is 13.5 Å². The smallest absolute Gasteiger partial charge is 0.339 e. The van der Waals surface area contributed by atoms with Crippen LogP contribution < -0.4 is 27.1 Å². The summed E-state index contributed by atoms with van der Waals surface area (Å²) in [4.78, 5) is 61.6. The maximum absolute atomic E-state index is 13.5. The normalized spacial score (nSPS) is 14.4. The zero-order valence-electron chi connectivity index (χ0n) is 25.4. The Morgan fingerprint density at radius 1 is 0.740 bits per heavy atom. The Labute approximate surface area is 282 Å². The van der Waals surface area contributed by atoms with E-state index in [0.717, 1.165) is 18.2 Å². The second kappa shape index (κ2) is 12.9. The van der Waals surface area contributed by atoms with Crippen molar-refractivity contribution in [3.8, 4) is 0 Å². The van der Waals surface area contributed by atoms with E-state index in [1.807, 2.05) is 0 Å². The molecule has 0 bridgehead atoms. The predicted octanol–water partition coefficient (Wildman–Crippen LogP) is 4.60. The number of nitrogens with two attached hydrogens (primary N) is 1. The minimum Gasteiger partial charge on any atom is -0.478 e. The van der Waals surface area contributed by atoms with Crippen LogP contribution in [0.25, 0.3) is 0 Å². The fraction of sp³-hybridized carbons (Fsp3) is 0. The zero-order chi connectivity index (χ0) is 35.7. The molecule has 50 heavy (non-hydrogen) atoms. The lowest BCUT2D eigenvalue weighted by Crippen LogP contribution is -2.25. The average molecular weight is 693 g/mol. The molecule has 0 saturated heterocycles. The summed E-state index contributed by atoms with van der Waals surface area (Å²) in [6, 6.07) is 19.0. The van der Waals surface area contributed by atoms with Crippen molar-refractivity contribution in [3.05, 3.63) is 125 Å². The quantitative estimate of drug-likeness (QED) is 0.0388. The number of carbonyl (C=O) groups is 5. The number of rotatable bonds is 8. The highest BCUT2D eigenvalue weighted by Crippen LogP contribution is 2.40. The van der Waals surface area contributed by atoms with Gasteiger partial charge in [-0.1, -0.05) is 24.3 Å². The SMILES string of the molecule is Nc1c(S(=O)(=O)O)cc(Nc2ccc(NC(=O)Nc3ccc(N/N=C4/C=CC(=O)C(C(=O)O)=C4)cc3)cc2)c2c1C(=O)c1ccccc1C2=O. The summed E-state index contributed by atoms with van der Waals surface area (Å²) in [6.07, 6.45) is 3.63. The number of carbonyl (C=O) groups excluding carboxylic acids is 4. The van der Waals surface area contributed by atoms with Crippen molar-refractivity contribution in [1.82, 2.24) is 0 Å². The number of urea groups is 1. The van der Waals surface area contributed by atoms with Crippen molar-refractivity contribution in [2.75, 3.05) is 27.1 Å². The Morgan fingerprint density at radius 2 is 1.28 bits per heavy atom. The van der Waals surface area contributed by atoms with E-state index in [2.05, 4.69) is 26.5 Å². The molecule has 0 spiro atoms. The number of anilines is 6. The molecule has 0 unspecified atom stereocenters. The molecule has 0 aromatic heterocycles. The molecular weight excluding hydrogens is 668 g/mol. The molecule has 2 aliphatic rings. The van der Waals surface area contributed by atoms with E-state index in [1.54, 1.807) is 36.4 Å². The van der Waals surface area contributed by atoms with E-state index in [-0.39, 0.29) is 33.7 Å². The Kier molecular flexibility index (Phi) is 8.55. The lowest BCUT2D eigenvalue weighted by molar-refractivity contribution is -0.134. The van der Waals surface area contributed by atoms with Crippen molar-refractivity contribution < 1.29 is 42.0 Å². The molecule has 4 aromatic rings. The molecule has 6 rings (SSSR count). The number of amides is 2. The van der Waals surface area contributed by atoms with E-state index in [1.165, 1.54) is 42.5 Å². The number of allylic oxidation sites excluding steroid dienone is 3. The van der Waals surface area contributed by atoms with Gasteiger partial charge in [-0.25, -0.2) is 9.59 Å². The molecule has 15 nitrogen and oxygen atoms in total. The molecule has 2 amide bonds. The first-order valence-electron chi connectivity index (χ1n) is 14.5. The molecule has 0 saturated carbocycles. The van der Waals surface area contributed by atoms with Gasteiger partial charge in [0.05, 0.1) is 33.9 Å². The van der Waals surface area contributed by atoms with Crippen molar-refractivity contribution in [1.29, 1.82) is 0 Å². The third-order valence-electron chi connectivity index (χ3n) is 7.55. The van der Waals surface area contributed by atoms with Crippen LogP contribution in [0.1, 0.15) is 31.8 Å². The topological polar surface area (TPSA) is 246 Å². The van der Waals surface area contributed by atoms with Crippen molar-refractivity contribution in [3.63, 3.8) is 0 Å². The summed E-state index contributed by atoms with van der Waals surface area (Å²) in [5.74, 6) is -3.22. The van der Waals surface area contributed by atoms with Crippen LogP contribution >= 0.6 is 0 Å². The molecule has 250 valence electrons. The summed E-state index contributed by atoms with van der Waals surface area (Å²) < 4.78 is 34.2. The minimum absolute atomic E-state index is 0.0494. The lowest BCUT2D eigenvalue weighted by Gasteiger charge is -2.23. The number of carboxylic acid groups (broad SMARTS) is 1. The second-order valence-corrected chi connectivity index (χ2v) is 12.2. The highest BCUT2D eigenvalue weighted by atomic mass is 32.2. The van der Waals surface area contributed by atoms with Crippen LogP contribution in [0, 0.1) is 0 Å². The minimum atomic E-state index is -4.89. The van der Waals surface area contributed by atoms with E-state index in [4.69, 9.17) is 10.8 Å². The van der Waals surface area contributed by atoms with Gasteiger partial charge >= 0.3 is 12.0 Å². The van der Waals surface area contributed by atoms with Crippen LogP contribution in [0.3, 0.4) is 0 Å². The van der Waals surface area contributed by atoms with Crippen LogP contribution in [0.4, 0.5) is 38.9 Å². The monoisotopic (exact) mass is 692 g/mol. The summed E-state index contributed by atoms with van der Waals surface area (Å²) in [6.45, 7) is 0. The van der Waals surface area contributed by atoms with Crippen molar-refractivity contribution in [2.45, 2.75) is 4.90 Å². The Hall–Kier alpha value is -6.91. The number of hydrogen-bond acceptors (Lipinski definition) is 11. The van der Waals surface area contributed by atoms with E-state index >= 15 is 0 Å². The fourth-order valence-electron chi connectivity index (χ4n) is 5.20. The van der Waals surface area contributed by atoms with Crippen LogP contribution in [0.2, 0.25) is 0 Å². The third kappa shape index (κ3) is 6.59. The first kappa shape index (κ1) is 33.0. The predicted molar refractivity (Wildman–Crippen MR) is 184 cm³/mol. The molecule has 8 N–H and O–H groups in total. The summed E-state index contributed by atoms with van der Waals surface area (Å²) in [7, 11) is -4.89. The van der Waals surface area contributed by atoms with Crippen molar-refractivity contribution >= 4 is 79.3 Å². The first-order chi connectivity index (χ1) is 23.8. The van der Waals surface area contributed by atoms with E-state index in [0.29, 0.717) is 22.7 Å². The Morgan fingerprint density at radius 3 is 1.84 bits per heavy atom. The van der Waals surface area contributed by atoms with Gasteiger partial charge in [0.15, 0.2) is 17.3 Å². The second-order valence-electron chi connectivity index (χ2n) is 10.8. The van der Waals surface area contributed by atoms with E-state index in [9.17, 15) is 36.9 Å². The Balaban J connectivity index is 1.14. The van der Waals surface area contributed by atoms with Crippen LogP contribution in [0.15, 0.2) is 113 Å². The van der Waals surface area contributed by atoms with Gasteiger partial charge in [0, 0.05) is 28.2 Å². The van der Waals surface area contributed by atoms with Gasteiger partial charge in [0.25, 0.3) is 10.1 Å². The molecule has 0 radical (unpaired) electrons. The number of nitrogens with one attached hydrogen (secondary N) is 4. The maximum Gasteiger partial charge on any atom is 0.339 e. The molecular formula is C34H24N6O9S. The zero-order valence-corrected chi connectivity index (χ0v) is 26.2. The van der Waals surface area contributed by atoms with Crippen molar-refractivity contribution in [2.24, 2.45) is 5.10 Å². The third-order valence-corrected chi connectivity index (χ3v) is 8.44. The van der Waals surface area contributed by atoms with Gasteiger partial charge in [-0.05, 0) is 72.8 Å². The fourth-order valence-corrected chi connectivity index (χ4v) is 5.85. The number of nitrogen functional groups attached to an aromatic ring is 1. The van der Waals surface area contributed by atoms with Crippen LogP contribution in [-0.2, 0) is 19.7 Å². The summed E-state index contributed by atoms with van der Waals surface area (Å²) in [5.41, 5.74) is 9.30.